The minimum Gasteiger partial charge on any atom is -0.299 e. The fourth-order valence-corrected chi connectivity index (χ4v) is 6.66. The molecular weight excluding hydrogens is 302 g/mol. The van der Waals surface area contributed by atoms with Gasteiger partial charge in [-0.1, -0.05) is 18.1 Å². The summed E-state index contributed by atoms with van der Waals surface area (Å²) in [6.45, 7) is 2.63. The average molecular weight is 327 g/mol. The molecule has 0 aromatic rings. The highest BCUT2D eigenvalue weighted by Crippen LogP contribution is 2.64. The molecule has 0 saturated heterocycles. The van der Waals surface area contributed by atoms with Gasteiger partial charge in [0.1, 0.15) is 5.78 Å². The van der Waals surface area contributed by atoms with E-state index in [1.54, 1.807) is 6.08 Å². The molecule has 3 fully saturated rings. The summed E-state index contributed by atoms with van der Waals surface area (Å²) in [6.07, 6.45) is 10.2. The monoisotopic (exact) mass is 327 g/mol. The van der Waals surface area contributed by atoms with Crippen molar-refractivity contribution in [3.8, 4) is 0 Å². The third kappa shape index (κ3) is 2.03. The van der Waals surface area contributed by atoms with Crippen LogP contribution in [0.2, 0.25) is 0 Å². The minimum atomic E-state index is -0.171. The lowest BCUT2D eigenvalue weighted by atomic mass is 9.46. The molecular formula is C19H25N3O2. The third-order valence-electron chi connectivity index (χ3n) is 7.88. The van der Waals surface area contributed by atoms with Crippen LogP contribution in [0.1, 0.15) is 51.9 Å². The predicted octanol–water partition coefficient (Wildman–Crippen LogP) is 4.23. The zero-order valence-electron chi connectivity index (χ0n) is 14.3. The molecule has 0 spiro atoms. The smallest absolute Gasteiger partial charge is 0.155 e. The number of hydrogen-bond donors (Lipinski definition) is 0. The van der Waals surface area contributed by atoms with Gasteiger partial charge in [-0.25, -0.2) is 0 Å². The standard InChI is InChI=1S/C19H25N3O2/c1-18-8-7-16-14(15(18)4-5-17(18)24)3-2-12-10-13(23)6-9-19(12,16)11-21-22-20/h6,9,12,14-16H,2-5,7-8,10-11H2,1H3/t12?,14-,15-,16+,18-,19+/m0/s1. The number of carbonyl (C=O) groups is 2. The van der Waals surface area contributed by atoms with Gasteiger partial charge >= 0.3 is 0 Å². The summed E-state index contributed by atoms with van der Waals surface area (Å²) < 4.78 is 0. The van der Waals surface area contributed by atoms with Crippen LogP contribution < -0.4 is 0 Å². The summed E-state index contributed by atoms with van der Waals surface area (Å²) in [6, 6.07) is 0. The molecule has 6 atom stereocenters. The van der Waals surface area contributed by atoms with Crippen molar-refractivity contribution in [2.45, 2.75) is 51.9 Å². The molecule has 0 aromatic heterocycles. The van der Waals surface area contributed by atoms with Crippen molar-refractivity contribution in [2.24, 2.45) is 39.6 Å². The third-order valence-corrected chi connectivity index (χ3v) is 7.88. The van der Waals surface area contributed by atoms with Crippen molar-refractivity contribution < 1.29 is 9.59 Å². The van der Waals surface area contributed by atoms with E-state index in [4.69, 9.17) is 5.53 Å². The Morgan fingerprint density at radius 1 is 1.25 bits per heavy atom. The first-order valence-electron chi connectivity index (χ1n) is 9.27. The highest BCUT2D eigenvalue weighted by molar-refractivity contribution is 5.91. The van der Waals surface area contributed by atoms with E-state index < -0.39 is 0 Å². The quantitative estimate of drug-likeness (QED) is 0.432. The average Bonchev–Trinajstić information content (AvgIpc) is 2.88. The van der Waals surface area contributed by atoms with E-state index in [1.165, 1.54) is 0 Å². The SMILES string of the molecule is C[C@]12CC[C@@H]3[C@@H](CCC4CC(=O)C=C[C@@]43CN=[N+]=[N-])[C@@H]1CCC2=O. The number of carbonyl (C=O) groups excluding carboxylic acids is 2. The maximum atomic E-state index is 12.5. The van der Waals surface area contributed by atoms with Crippen molar-refractivity contribution in [1.29, 1.82) is 0 Å². The zero-order valence-corrected chi connectivity index (χ0v) is 14.3. The summed E-state index contributed by atoms with van der Waals surface area (Å²) in [4.78, 5) is 27.4. The van der Waals surface area contributed by atoms with Gasteiger partial charge in [0, 0.05) is 35.1 Å². The second-order valence-electron chi connectivity index (χ2n) is 8.57. The van der Waals surface area contributed by atoms with E-state index in [2.05, 4.69) is 23.0 Å². The molecule has 3 saturated carbocycles. The van der Waals surface area contributed by atoms with Gasteiger partial charge in [0.05, 0.1) is 0 Å². The molecule has 4 aliphatic rings. The normalized spacial score (nSPS) is 46.7. The Hall–Kier alpha value is -1.61. The van der Waals surface area contributed by atoms with Gasteiger partial charge in [0.15, 0.2) is 5.78 Å². The molecule has 0 N–H and O–H groups in total. The molecule has 4 rings (SSSR count). The zero-order chi connectivity index (χ0) is 16.9. The summed E-state index contributed by atoms with van der Waals surface area (Å²) in [5.74, 6) is 2.38. The summed E-state index contributed by atoms with van der Waals surface area (Å²) in [7, 11) is 0. The fourth-order valence-electron chi connectivity index (χ4n) is 6.66. The van der Waals surface area contributed by atoms with Crippen molar-refractivity contribution in [1.82, 2.24) is 0 Å². The topological polar surface area (TPSA) is 82.9 Å². The van der Waals surface area contributed by atoms with E-state index in [1.807, 2.05) is 0 Å². The van der Waals surface area contributed by atoms with Crippen LogP contribution in [0.3, 0.4) is 0 Å². The van der Waals surface area contributed by atoms with E-state index in [9.17, 15) is 9.59 Å². The van der Waals surface area contributed by atoms with Crippen LogP contribution in [-0.2, 0) is 9.59 Å². The fraction of sp³-hybridized carbons (Fsp3) is 0.789. The first-order chi connectivity index (χ1) is 11.5. The van der Waals surface area contributed by atoms with Crippen LogP contribution in [0, 0.1) is 34.5 Å². The predicted molar refractivity (Wildman–Crippen MR) is 90.0 cm³/mol. The Labute approximate surface area is 142 Å². The molecule has 0 aliphatic heterocycles. The van der Waals surface area contributed by atoms with Crippen molar-refractivity contribution in [3.63, 3.8) is 0 Å². The molecule has 128 valence electrons. The van der Waals surface area contributed by atoms with E-state index >= 15 is 0 Å². The molecule has 1 unspecified atom stereocenters. The molecule has 0 bridgehead atoms. The summed E-state index contributed by atoms with van der Waals surface area (Å²) >= 11 is 0. The molecule has 0 radical (unpaired) electrons. The van der Waals surface area contributed by atoms with Gasteiger partial charge in [-0.3, -0.25) is 9.59 Å². The van der Waals surface area contributed by atoms with Gasteiger partial charge in [-0.2, -0.15) is 0 Å². The number of Topliss-reactive ketones (excluding diaryl/α,β-unsaturated/α-hetero) is 1. The molecule has 0 heterocycles. The Kier molecular flexibility index (Phi) is 3.61. The van der Waals surface area contributed by atoms with Gasteiger partial charge in [-0.05, 0) is 67.4 Å². The highest BCUT2D eigenvalue weighted by Gasteiger charge is 2.60. The Morgan fingerprint density at radius 2 is 2.08 bits per heavy atom. The van der Waals surface area contributed by atoms with Crippen molar-refractivity contribution in [2.75, 3.05) is 6.54 Å². The minimum absolute atomic E-state index is 0.137. The summed E-state index contributed by atoms with van der Waals surface area (Å²) in [5.41, 5.74) is 8.57. The van der Waals surface area contributed by atoms with Crippen molar-refractivity contribution >= 4 is 11.6 Å². The van der Waals surface area contributed by atoms with Gasteiger partial charge in [0.2, 0.25) is 0 Å². The van der Waals surface area contributed by atoms with Crippen LogP contribution in [0.5, 0.6) is 0 Å². The second-order valence-corrected chi connectivity index (χ2v) is 8.57. The lowest BCUT2D eigenvalue weighted by Crippen LogP contribution is -2.54. The number of rotatable bonds is 2. The van der Waals surface area contributed by atoms with Gasteiger partial charge in [-0.15, -0.1) is 0 Å². The first-order valence-corrected chi connectivity index (χ1v) is 9.27. The van der Waals surface area contributed by atoms with Crippen LogP contribution in [0.25, 0.3) is 10.4 Å². The molecule has 5 nitrogen and oxygen atoms in total. The number of nitrogens with zero attached hydrogens (tertiary/aromatic N) is 3. The van der Waals surface area contributed by atoms with Crippen molar-refractivity contribution in [3.05, 3.63) is 22.6 Å². The lowest BCUT2D eigenvalue weighted by molar-refractivity contribution is -0.135. The Balaban J connectivity index is 1.74. The Morgan fingerprint density at radius 3 is 2.88 bits per heavy atom. The molecule has 24 heavy (non-hydrogen) atoms. The maximum Gasteiger partial charge on any atom is 0.155 e. The molecule has 4 aliphatic carbocycles. The Bertz CT molecular complexity index is 666. The van der Waals surface area contributed by atoms with Gasteiger partial charge < -0.3 is 0 Å². The van der Waals surface area contributed by atoms with E-state index in [-0.39, 0.29) is 16.6 Å². The number of ketones is 2. The number of allylic oxidation sites excluding steroid dienone is 1. The largest absolute Gasteiger partial charge is 0.299 e. The first kappa shape index (κ1) is 15.9. The van der Waals surface area contributed by atoms with Crippen LogP contribution in [0.15, 0.2) is 17.3 Å². The number of fused-ring (bicyclic) bond motifs is 5. The number of hydrogen-bond acceptors (Lipinski definition) is 3. The molecule has 0 amide bonds. The molecule has 5 heteroatoms. The lowest BCUT2D eigenvalue weighted by Gasteiger charge is -2.58. The van der Waals surface area contributed by atoms with E-state index in [0.717, 1.165) is 38.5 Å². The van der Waals surface area contributed by atoms with Gasteiger partial charge in [0.25, 0.3) is 0 Å². The summed E-state index contributed by atoms with van der Waals surface area (Å²) in [5, 5.41) is 3.96. The highest BCUT2D eigenvalue weighted by atomic mass is 16.1. The van der Waals surface area contributed by atoms with Crippen LogP contribution >= 0.6 is 0 Å². The maximum absolute atomic E-state index is 12.5. The number of azide groups is 1. The molecule has 0 aromatic carbocycles. The van der Waals surface area contributed by atoms with Crippen LogP contribution in [0.4, 0.5) is 0 Å². The van der Waals surface area contributed by atoms with Crippen LogP contribution in [-0.4, -0.2) is 18.1 Å². The second kappa shape index (κ2) is 5.45. The van der Waals surface area contributed by atoms with E-state index in [0.29, 0.717) is 42.4 Å².